The van der Waals surface area contributed by atoms with E-state index in [-0.39, 0.29) is 44.9 Å². The number of rotatable bonds is 20. The lowest BCUT2D eigenvalue weighted by molar-refractivity contribution is -0.132. The molecule has 0 fully saturated rings. The van der Waals surface area contributed by atoms with Gasteiger partial charge in [-0.1, -0.05) is 26.0 Å². The molecule has 0 heterocycles. The Hall–Kier alpha value is -4.44. The zero-order valence-electron chi connectivity index (χ0n) is 25.2. The van der Waals surface area contributed by atoms with Crippen LogP contribution >= 0.6 is 0 Å². The average molecular weight is 623 g/mol. The van der Waals surface area contributed by atoms with Gasteiger partial charge in [-0.25, -0.2) is 9.59 Å². The number of aliphatic hydroxyl groups is 1. The highest BCUT2D eigenvalue weighted by Gasteiger charge is 2.29. The molecule has 3 atom stereocenters. The molecular formula is C28H46N8O8. The molecule has 12 N–H and O–H groups in total. The monoisotopic (exact) mass is 622 g/mol. The topological polar surface area (TPSA) is 267 Å². The maximum absolute atomic E-state index is 13.2. The van der Waals surface area contributed by atoms with Gasteiger partial charge in [-0.3, -0.25) is 19.2 Å². The van der Waals surface area contributed by atoms with Crippen LogP contribution in [0.1, 0.15) is 57.9 Å². The Kier molecular flexibility index (Phi) is 17.5. The van der Waals surface area contributed by atoms with Crippen molar-refractivity contribution in [2.45, 2.75) is 77.1 Å². The second-order valence-electron chi connectivity index (χ2n) is 10.5. The summed E-state index contributed by atoms with van der Waals surface area (Å²) in [4.78, 5) is 73.5. The largest absolute Gasteiger partial charge is 0.465 e. The second kappa shape index (κ2) is 20.5. The third kappa shape index (κ3) is 15.2. The van der Waals surface area contributed by atoms with E-state index in [0.717, 1.165) is 0 Å². The number of benzene rings is 1. The number of carbonyl (C=O) groups excluding carboxylic acids is 5. The predicted molar refractivity (Wildman–Crippen MR) is 162 cm³/mol. The lowest BCUT2D eigenvalue weighted by Gasteiger charge is -2.25. The lowest BCUT2D eigenvalue weighted by atomic mass is 10.0. The van der Waals surface area contributed by atoms with Crippen molar-refractivity contribution in [3.05, 3.63) is 29.8 Å². The Morgan fingerprint density at radius 3 is 2.00 bits per heavy atom. The lowest BCUT2D eigenvalue weighted by Crippen LogP contribution is -2.55. The van der Waals surface area contributed by atoms with Crippen LogP contribution in [0.5, 0.6) is 0 Å². The molecule has 16 nitrogen and oxygen atoms in total. The number of anilines is 1. The smallest absolute Gasteiger partial charge is 0.405 e. The SMILES string of the molecule is CC(C)[C@H](NC(=O)CCNC(=O)[C@H](CCCCN)NC(=O)O)C(=O)N[C@@H](CCCNC(N)=O)C(=O)Nc1ccc(CO)cc1. The quantitative estimate of drug-likeness (QED) is 0.0836. The molecule has 1 aromatic carbocycles. The summed E-state index contributed by atoms with van der Waals surface area (Å²) >= 11 is 0. The average Bonchev–Trinajstić information content (AvgIpc) is 2.96. The van der Waals surface area contributed by atoms with Crippen molar-refractivity contribution in [3.8, 4) is 0 Å². The van der Waals surface area contributed by atoms with E-state index in [0.29, 0.717) is 37.1 Å². The van der Waals surface area contributed by atoms with E-state index < -0.39 is 53.9 Å². The fourth-order valence-electron chi connectivity index (χ4n) is 4.08. The van der Waals surface area contributed by atoms with Gasteiger partial charge >= 0.3 is 12.1 Å². The molecule has 16 heteroatoms. The molecule has 0 spiro atoms. The molecule has 0 bridgehead atoms. The number of urea groups is 1. The number of primary amides is 1. The van der Waals surface area contributed by atoms with Crippen LogP contribution < -0.4 is 43.4 Å². The molecule has 0 saturated heterocycles. The zero-order chi connectivity index (χ0) is 33.1. The summed E-state index contributed by atoms with van der Waals surface area (Å²) < 4.78 is 0. The molecular weight excluding hydrogens is 576 g/mol. The first-order chi connectivity index (χ1) is 20.9. The number of carboxylic acid groups (broad SMARTS) is 1. The summed E-state index contributed by atoms with van der Waals surface area (Å²) in [7, 11) is 0. The van der Waals surface area contributed by atoms with Crippen molar-refractivity contribution < 1.29 is 39.0 Å². The van der Waals surface area contributed by atoms with Crippen LogP contribution in [-0.2, 0) is 25.8 Å². The molecule has 1 rings (SSSR count). The van der Waals surface area contributed by atoms with Crippen LogP contribution in [0.2, 0.25) is 0 Å². The molecule has 246 valence electrons. The summed E-state index contributed by atoms with van der Waals surface area (Å²) in [5.41, 5.74) is 11.6. The van der Waals surface area contributed by atoms with Crippen LogP contribution in [0, 0.1) is 5.92 Å². The first-order valence-electron chi connectivity index (χ1n) is 14.5. The fraction of sp³-hybridized carbons (Fsp3) is 0.571. The van der Waals surface area contributed by atoms with E-state index in [1.807, 2.05) is 0 Å². The number of unbranched alkanes of at least 4 members (excludes halogenated alkanes) is 1. The minimum atomic E-state index is -1.35. The van der Waals surface area contributed by atoms with Gasteiger partial charge in [0.2, 0.25) is 23.6 Å². The first kappa shape index (κ1) is 37.6. The van der Waals surface area contributed by atoms with Crippen molar-refractivity contribution >= 4 is 41.4 Å². The maximum atomic E-state index is 13.2. The number of hydrogen-bond donors (Lipinski definition) is 10. The van der Waals surface area contributed by atoms with Gasteiger partial charge in [0.25, 0.3) is 0 Å². The van der Waals surface area contributed by atoms with E-state index in [2.05, 4.69) is 31.9 Å². The van der Waals surface area contributed by atoms with E-state index in [4.69, 9.17) is 16.6 Å². The predicted octanol–water partition coefficient (Wildman–Crippen LogP) is -0.537. The minimum Gasteiger partial charge on any atom is -0.465 e. The maximum Gasteiger partial charge on any atom is 0.405 e. The third-order valence-electron chi connectivity index (χ3n) is 6.48. The highest BCUT2D eigenvalue weighted by Crippen LogP contribution is 2.12. The number of nitrogens with one attached hydrogen (secondary N) is 6. The summed E-state index contributed by atoms with van der Waals surface area (Å²) in [5, 5.41) is 33.3. The van der Waals surface area contributed by atoms with Gasteiger partial charge in [0.1, 0.15) is 18.1 Å². The normalized spacial score (nSPS) is 12.8. The van der Waals surface area contributed by atoms with E-state index >= 15 is 0 Å². The number of nitrogens with two attached hydrogens (primary N) is 2. The van der Waals surface area contributed by atoms with E-state index in [1.165, 1.54) is 0 Å². The molecule has 0 saturated carbocycles. The van der Waals surface area contributed by atoms with Gasteiger partial charge in [0, 0.05) is 25.2 Å². The van der Waals surface area contributed by atoms with E-state index in [1.54, 1.807) is 38.1 Å². The van der Waals surface area contributed by atoms with Crippen LogP contribution in [0.4, 0.5) is 15.3 Å². The van der Waals surface area contributed by atoms with Crippen molar-refractivity contribution in [2.75, 3.05) is 25.0 Å². The number of aliphatic hydroxyl groups excluding tert-OH is 1. The number of hydrogen-bond acceptors (Lipinski definition) is 8. The van der Waals surface area contributed by atoms with Crippen LogP contribution in [0.3, 0.4) is 0 Å². The Morgan fingerprint density at radius 1 is 0.795 bits per heavy atom. The van der Waals surface area contributed by atoms with Crippen molar-refractivity contribution in [1.82, 2.24) is 26.6 Å². The second-order valence-corrected chi connectivity index (χ2v) is 10.5. The van der Waals surface area contributed by atoms with Crippen molar-refractivity contribution in [3.63, 3.8) is 0 Å². The van der Waals surface area contributed by atoms with Gasteiger partial charge < -0.3 is 53.6 Å². The Balaban J connectivity index is 2.81. The number of amides is 7. The molecule has 0 aromatic heterocycles. The Labute approximate surface area is 256 Å². The molecule has 0 aliphatic heterocycles. The Morgan fingerprint density at radius 2 is 1.43 bits per heavy atom. The molecule has 1 aromatic rings. The van der Waals surface area contributed by atoms with Crippen LogP contribution in [0.25, 0.3) is 0 Å². The zero-order valence-corrected chi connectivity index (χ0v) is 25.2. The minimum absolute atomic E-state index is 0.0985. The molecule has 0 aliphatic rings. The number of carbonyl (C=O) groups is 6. The van der Waals surface area contributed by atoms with Crippen molar-refractivity contribution in [2.24, 2.45) is 17.4 Å². The molecule has 0 aliphatic carbocycles. The molecule has 7 amide bonds. The summed E-state index contributed by atoms with van der Waals surface area (Å²) in [6.07, 6.45) is 0.336. The van der Waals surface area contributed by atoms with Crippen molar-refractivity contribution in [1.29, 1.82) is 0 Å². The van der Waals surface area contributed by atoms with Crippen LogP contribution in [0.15, 0.2) is 24.3 Å². The molecule has 0 unspecified atom stereocenters. The molecule has 0 radical (unpaired) electrons. The van der Waals surface area contributed by atoms with Gasteiger partial charge in [0.15, 0.2) is 0 Å². The molecule has 44 heavy (non-hydrogen) atoms. The van der Waals surface area contributed by atoms with E-state index in [9.17, 15) is 33.9 Å². The highest BCUT2D eigenvalue weighted by atomic mass is 16.4. The first-order valence-corrected chi connectivity index (χ1v) is 14.5. The van der Waals surface area contributed by atoms with Crippen LogP contribution in [-0.4, -0.2) is 83.7 Å². The summed E-state index contributed by atoms with van der Waals surface area (Å²) in [6, 6.07) is 2.72. The third-order valence-corrected chi connectivity index (χ3v) is 6.48. The standard InChI is InChI=1S/C28H46N8O8/c1-17(2)23(36-22(38)12-15-31-24(39)20(35-28(43)44)6-3-4-13-29)26(41)34-21(7-5-14-32-27(30)42)25(40)33-19-10-8-18(16-37)9-11-19/h8-11,17,20-21,23,35,37H,3-7,12-16,29H2,1-2H3,(H,31,39)(H,33,40)(H,34,41)(H,36,38)(H,43,44)(H3,30,32,42)/t20-,21-,23-/m0/s1. The summed E-state index contributed by atoms with van der Waals surface area (Å²) in [5.74, 6) is -2.63. The van der Waals surface area contributed by atoms with Gasteiger partial charge in [-0.15, -0.1) is 0 Å². The van der Waals surface area contributed by atoms with Gasteiger partial charge in [-0.05, 0) is 62.3 Å². The van der Waals surface area contributed by atoms with Gasteiger partial charge in [0.05, 0.1) is 6.61 Å². The summed E-state index contributed by atoms with van der Waals surface area (Å²) in [6.45, 7) is 3.75. The highest BCUT2D eigenvalue weighted by molar-refractivity contribution is 5.98. The fourth-order valence-corrected chi connectivity index (χ4v) is 4.08. The Bertz CT molecular complexity index is 1100. The van der Waals surface area contributed by atoms with Gasteiger partial charge in [-0.2, -0.15) is 0 Å².